The number of benzene rings is 2. The van der Waals surface area contributed by atoms with Gasteiger partial charge in [-0.05, 0) is 36.8 Å². The zero-order chi connectivity index (χ0) is 15.6. The summed E-state index contributed by atoms with van der Waals surface area (Å²) in [6.45, 7) is 3.26. The lowest BCUT2D eigenvalue weighted by Gasteiger charge is -2.09. The molecule has 0 amide bonds. The van der Waals surface area contributed by atoms with Crippen LogP contribution in [0.25, 0.3) is 0 Å². The Kier molecular flexibility index (Phi) is 6.39. The Morgan fingerprint density at radius 3 is 2.64 bits per heavy atom. The van der Waals surface area contributed by atoms with Crippen LogP contribution in [0.2, 0.25) is 0 Å². The molecule has 0 aliphatic heterocycles. The summed E-state index contributed by atoms with van der Waals surface area (Å²) in [6.07, 6.45) is 1.70. The van der Waals surface area contributed by atoms with E-state index in [1.54, 1.807) is 6.21 Å². The van der Waals surface area contributed by atoms with Crippen molar-refractivity contribution < 1.29 is 4.74 Å². The van der Waals surface area contributed by atoms with Crippen LogP contribution in [-0.4, -0.2) is 17.9 Å². The van der Waals surface area contributed by atoms with Gasteiger partial charge in [0.05, 0.1) is 6.21 Å². The van der Waals surface area contributed by atoms with E-state index in [-0.39, 0.29) is 0 Å². The highest BCUT2D eigenvalue weighted by molar-refractivity contribution is 7.80. The molecule has 0 aliphatic rings. The summed E-state index contributed by atoms with van der Waals surface area (Å²) < 4.78 is 5.86. The topological polar surface area (TPSA) is 45.7 Å². The molecule has 0 saturated carbocycles. The number of rotatable bonds is 6. The standard InChI is InChI=1S/C17H19N3OS/c1-2-18-17(22)20-19-12-15-10-6-7-11-16(15)21-13-14-8-4-3-5-9-14/h3-12H,2,13H2,1H3,(H2,18,20,22)/b19-12+. The second-order valence-electron chi connectivity index (χ2n) is 4.54. The third-order valence-corrected chi connectivity index (χ3v) is 3.10. The fourth-order valence-corrected chi connectivity index (χ4v) is 2.01. The SMILES string of the molecule is CCNC(=S)N/N=C/c1ccccc1OCc1ccccc1. The van der Waals surface area contributed by atoms with Crippen LogP contribution >= 0.6 is 12.2 Å². The summed E-state index contributed by atoms with van der Waals surface area (Å²) in [5.74, 6) is 0.784. The molecule has 22 heavy (non-hydrogen) atoms. The van der Waals surface area contributed by atoms with Gasteiger partial charge in [0.15, 0.2) is 5.11 Å². The van der Waals surface area contributed by atoms with E-state index in [2.05, 4.69) is 15.8 Å². The van der Waals surface area contributed by atoms with Crippen LogP contribution in [0.5, 0.6) is 5.75 Å². The molecular formula is C17H19N3OS. The predicted molar refractivity (Wildman–Crippen MR) is 94.2 cm³/mol. The highest BCUT2D eigenvalue weighted by Crippen LogP contribution is 2.17. The first-order valence-corrected chi connectivity index (χ1v) is 7.53. The number of thiocarbonyl (C=S) groups is 1. The molecule has 2 aromatic carbocycles. The fourth-order valence-electron chi connectivity index (χ4n) is 1.81. The van der Waals surface area contributed by atoms with Gasteiger partial charge >= 0.3 is 0 Å². The lowest BCUT2D eigenvalue weighted by Crippen LogP contribution is -2.31. The minimum atomic E-state index is 0.501. The molecule has 114 valence electrons. The summed E-state index contributed by atoms with van der Waals surface area (Å²) in [6, 6.07) is 17.8. The maximum absolute atomic E-state index is 5.86. The Balaban J connectivity index is 1.97. The van der Waals surface area contributed by atoms with E-state index in [1.165, 1.54) is 0 Å². The Morgan fingerprint density at radius 1 is 1.14 bits per heavy atom. The molecule has 0 atom stereocenters. The maximum atomic E-state index is 5.86. The third kappa shape index (κ3) is 5.18. The number of nitrogens with zero attached hydrogens (tertiary/aromatic N) is 1. The van der Waals surface area contributed by atoms with Crippen molar-refractivity contribution in [2.45, 2.75) is 13.5 Å². The zero-order valence-corrected chi connectivity index (χ0v) is 13.3. The molecule has 2 rings (SSSR count). The lowest BCUT2D eigenvalue weighted by atomic mass is 10.2. The molecule has 2 aromatic rings. The van der Waals surface area contributed by atoms with E-state index >= 15 is 0 Å². The van der Waals surface area contributed by atoms with E-state index < -0.39 is 0 Å². The number of hydrogen-bond acceptors (Lipinski definition) is 3. The molecule has 0 aliphatic carbocycles. The van der Waals surface area contributed by atoms with Crippen LogP contribution in [0.3, 0.4) is 0 Å². The van der Waals surface area contributed by atoms with Crippen LogP contribution in [0, 0.1) is 0 Å². The van der Waals surface area contributed by atoms with E-state index in [4.69, 9.17) is 17.0 Å². The second kappa shape index (κ2) is 8.79. The quantitative estimate of drug-likeness (QED) is 0.489. The number of hydrazone groups is 1. The molecule has 0 heterocycles. The number of nitrogens with one attached hydrogen (secondary N) is 2. The molecule has 0 radical (unpaired) electrons. The lowest BCUT2D eigenvalue weighted by molar-refractivity contribution is 0.306. The van der Waals surface area contributed by atoms with Crippen molar-refractivity contribution in [3.63, 3.8) is 0 Å². The van der Waals surface area contributed by atoms with E-state index in [1.807, 2.05) is 61.5 Å². The summed E-state index contributed by atoms with van der Waals surface area (Å²) in [5.41, 5.74) is 4.79. The molecule has 2 N–H and O–H groups in total. The van der Waals surface area contributed by atoms with Gasteiger partial charge in [0.2, 0.25) is 0 Å². The van der Waals surface area contributed by atoms with Gasteiger partial charge in [-0.2, -0.15) is 5.10 Å². The van der Waals surface area contributed by atoms with Crippen molar-refractivity contribution in [2.24, 2.45) is 5.10 Å². The Bertz CT molecular complexity index is 629. The average Bonchev–Trinajstić information content (AvgIpc) is 2.55. The minimum absolute atomic E-state index is 0.501. The highest BCUT2D eigenvalue weighted by atomic mass is 32.1. The average molecular weight is 313 g/mol. The molecule has 0 fully saturated rings. The smallest absolute Gasteiger partial charge is 0.186 e. The van der Waals surface area contributed by atoms with Gasteiger partial charge < -0.3 is 10.1 Å². The van der Waals surface area contributed by atoms with Crippen molar-refractivity contribution in [1.29, 1.82) is 0 Å². The fraction of sp³-hybridized carbons (Fsp3) is 0.176. The largest absolute Gasteiger partial charge is 0.488 e. The van der Waals surface area contributed by atoms with Gasteiger partial charge in [-0.25, -0.2) is 0 Å². The van der Waals surface area contributed by atoms with Gasteiger partial charge in [0.25, 0.3) is 0 Å². The van der Waals surface area contributed by atoms with Crippen LogP contribution < -0.4 is 15.5 Å². The number of para-hydroxylation sites is 1. The predicted octanol–water partition coefficient (Wildman–Crippen LogP) is 3.08. The molecular weight excluding hydrogens is 294 g/mol. The zero-order valence-electron chi connectivity index (χ0n) is 12.5. The summed E-state index contributed by atoms with van der Waals surface area (Å²) in [5, 5.41) is 7.59. The van der Waals surface area contributed by atoms with E-state index in [0.717, 1.165) is 23.4 Å². The molecule has 0 saturated heterocycles. The van der Waals surface area contributed by atoms with E-state index in [0.29, 0.717) is 11.7 Å². The number of ether oxygens (including phenoxy) is 1. The first kappa shape index (κ1) is 16.0. The van der Waals surface area contributed by atoms with Crippen molar-refractivity contribution in [2.75, 3.05) is 6.54 Å². The van der Waals surface area contributed by atoms with Crippen molar-refractivity contribution in [3.8, 4) is 5.75 Å². The first-order valence-electron chi connectivity index (χ1n) is 7.12. The Labute approximate surface area is 136 Å². The van der Waals surface area contributed by atoms with Crippen LogP contribution in [-0.2, 0) is 6.61 Å². The summed E-state index contributed by atoms with van der Waals surface area (Å²) >= 11 is 5.05. The minimum Gasteiger partial charge on any atom is -0.488 e. The van der Waals surface area contributed by atoms with Gasteiger partial charge in [0, 0.05) is 12.1 Å². The van der Waals surface area contributed by atoms with Crippen molar-refractivity contribution in [3.05, 3.63) is 65.7 Å². The van der Waals surface area contributed by atoms with Gasteiger partial charge in [-0.3, -0.25) is 5.43 Å². The summed E-state index contributed by atoms with van der Waals surface area (Å²) in [4.78, 5) is 0. The molecule has 5 heteroatoms. The Hall–Kier alpha value is -2.40. The highest BCUT2D eigenvalue weighted by Gasteiger charge is 2.01. The van der Waals surface area contributed by atoms with Crippen LogP contribution in [0.15, 0.2) is 59.7 Å². The monoisotopic (exact) mass is 313 g/mol. The summed E-state index contributed by atoms with van der Waals surface area (Å²) in [7, 11) is 0. The third-order valence-electron chi connectivity index (χ3n) is 2.86. The first-order chi connectivity index (χ1) is 10.8. The molecule has 4 nitrogen and oxygen atoms in total. The Morgan fingerprint density at radius 2 is 1.86 bits per heavy atom. The van der Waals surface area contributed by atoms with Crippen LogP contribution in [0.1, 0.15) is 18.1 Å². The second-order valence-corrected chi connectivity index (χ2v) is 4.95. The number of hydrogen-bond donors (Lipinski definition) is 2. The molecule has 0 unspecified atom stereocenters. The molecule has 0 aromatic heterocycles. The maximum Gasteiger partial charge on any atom is 0.186 e. The molecule has 0 spiro atoms. The normalized spacial score (nSPS) is 10.4. The van der Waals surface area contributed by atoms with E-state index in [9.17, 15) is 0 Å². The van der Waals surface area contributed by atoms with Gasteiger partial charge in [-0.15, -0.1) is 0 Å². The molecule has 0 bridgehead atoms. The van der Waals surface area contributed by atoms with Gasteiger partial charge in [-0.1, -0.05) is 42.5 Å². The van der Waals surface area contributed by atoms with Crippen molar-refractivity contribution in [1.82, 2.24) is 10.7 Å². The van der Waals surface area contributed by atoms with Crippen LogP contribution in [0.4, 0.5) is 0 Å². The van der Waals surface area contributed by atoms with Crippen molar-refractivity contribution >= 4 is 23.5 Å². The van der Waals surface area contributed by atoms with Gasteiger partial charge in [0.1, 0.15) is 12.4 Å².